The predicted octanol–water partition coefficient (Wildman–Crippen LogP) is 1.70. The lowest BCUT2D eigenvalue weighted by Crippen LogP contribution is -2.30. The lowest BCUT2D eigenvalue weighted by Gasteiger charge is -2.17. The highest BCUT2D eigenvalue weighted by molar-refractivity contribution is 6.02. The Morgan fingerprint density at radius 1 is 1.15 bits per heavy atom. The molecule has 3 N–H and O–H groups in total. The number of hydrogen-bond acceptors (Lipinski definition) is 6. The molecule has 2 aromatic rings. The molecule has 5 atom stereocenters. The molecule has 0 bridgehead atoms. The van der Waals surface area contributed by atoms with Crippen molar-refractivity contribution in [2.24, 2.45) is 11.8 Å². The Bertz CT molecular complexity index is 1080. The first-order chi connectivity index (χ1) is 16.0. The fourth-order valence-corrected chi connectivity index (χ4v) is 5.06. The van der Waals surface area contributed by atoms with E-state index in [4.69, 9.17) is 19.3 Å². The molecule has 8 heteroatoms. The van der Waals surface area contributed by atoms with Crippen molar-refractivity contribution in [2.75, 3.05) is 33.5 Å². The van der Waals surface area contributed by atoms with E-state index in [1.807, 2.05) is 37.3 Å². The van der Waals surface area contributed by atoms with E-state index in [9.17, 15) is 9.59 Å². The molecule has 33 heavy (non-hydrogen) atoms. The smallest absolute Gasteiger partial charge is 0.254 e. The van der Waals surface area contributed by atoms with Gasteiger partial charge >= 0.3 is 0 Å². The van der Waals surface area contributed by atoms with Crippen molar-refractivity contribution < 1.29 is 28.9 Å². The van der Waals surface area contributed by atoms with E-state index in [2.05, 4.69) is 10.6 Å². The summed E-state index contributed by atoms with van der Waals surface area (Å²) in [4.78, 5) is 25.8. The summed E-state index contributed by atoms with van der Waals surface area (Å²) in [6.07, 6.45) is -0.241. The maximum atomic E-state index is 13.1. The summed E-state index contributed by atoms with van der Waals surface area (Å²) in [5.41, 5.74) is 2.54. The molecule has 2 heterocycles. The second kappa shape index (κ2) is 8.68. The minimum Gasteiger partial charge on any atom is -0.491 e. The third-order valence-electron chi connectivity index (χ3n) is 6.79. The Morgan fingerprint density at radius 3 is 2.67 bits per heavy atom. The Morgan fingerprint density at radius 2 is 1.94 bits per heavy atom. The average Bonchev–Trinajstić information content (AvgIpc) is 3.15. The first-order valence-electron chi connectivity index (χ1n) is 11.3. The van der Waals surface area contributed by atoms with Crippen LogP contribution in [0.4, 0.5) is 0 Å². The largest absolute Gasteiger partial charge is 0.491 e. The van der Waals surface area contributed by atoms with E-state index in [1.54, 1.807) is 13.1 Å². The quantitative estimate of drug-likeness (QED) is 0.591. The molecule has 5 rings (SSSR count). The highest BCUT2D eigenvalue weighted by atomic mass is 16.5. The third-order valence-corrected chi connectivity index (χ3v) is 6.79. The van der Waals surface area contributed by atoms with Crippen molar-refractivity contribution in [3.05, 3.63) is 58.7 Å². The molecule has 2 amide bonds. The summed E-state index contributed by atoms with van der Waals surface area (Å²) in [5.74, 6) is 1.25. The molecule has 0 spiro atoms. The van der Waals surface area contributed by atoms with Gasteiger partial charge in [0.05, 0.1) is 25.4 Å². The molecule has 1 aliphatic carbocycles. The van der Waals surface area contributed by atoms with Crippen molar-refractivity contribution in [1.29, 1.82) is 0 Å². The Balaban J connectivity index is 1.50. The Kier molecular flexibility index (Phi) is 5.72. The lowest BCUT2D eigenvalue weighted by atomic mass is 9.86. The van der Waals surface area contributed by atoms with Crippen molar-refractivity contribution in [3.63, 3.8) is 0 Å². The standard InChI is InChI=1S/C25H28N2O6/c1-13-21(14-4-3-5-16(8-14)32-7-6-28)17-9-15(10-18(23(17)33-13)25(30)26-2)24(29)27-22-19-11-31-12-20(19)22/h3-5,8-10,13,19-22,28H,6-7,11-12H2,1-2H3,(H,26,30)(H,27,29)/t13?,19-,20+,21?,22?. The normalized spacial score (nSPS) is 26.7. The first kappa shape index (κ1) is 21.7. The number of amides is 2. The van der Waals surface area contributed by atoms with E-state index >= 15 is 0 Å². The predicted molar refractivity (Wildman–Crippen MR) is 120 cm³/mol. The highest BCUT2D eigenvalue weighted by Crippen LogP contribution is 2.46. The van der Waals surface area contributed by atoms with Crippen LogP contribution in [0, 0.1) is 11.8 Å². The minimum atomic E-state index is -0.300. The van der Waals surface area contributed by atoms with Crippen LogP contribution in [-0.4, -0.2) is 62.5 Å². The SMILES string of the molecule is CNC(=O)c1cc(C(=O)NC2[C@H]3COC[C@@H]23)cc2c1OC(C)C2c1cccc(OCCO)c1. The molecule has 3 aliphatic rings. The summed E-state index contributed by atoms with van der Waals surface area (Å²) in [5, 5.41) is 14.8. The molecule has 174 valence electrons. The average molecular weight is 453 g/mol. The second-order valence-electron chi connectivity index (χ2n) is 8.83. The Hall–Kier alpha value is -3.10. The fraction of sp³-hybridized carbons (Fsp3) is 0.440. The molecular weight excluding hydrogens is 424 g/mol. The second-order valence-corrected chi connectivity index (χ2v) is 8.83. The van der Waals surface area contributed by atoms with Gasteiger partial charge in [-0.05, 0) is 36.8 Å². The molecule has 2 aliphatic heterocycles. The molecule has 0 radical (unpaired) electrons. The van der Waals surface area contributed by atoms with Gasteiger partial charge in [0.15, 0.2) is 0 Å². The van der Waals surface area contributed by atoms with Gasteiger partial charge in [-0.3, -0.25) is 9.59 Å². The number of ether oxygens (including phenoxy) is 3. The van der Waals surface area contributed by atoms with Crippen molar-refractivity contribution in [1.82, 2.24) is 10.6 Å². The van der Waals surface area contributed by atoms with Crippen LogP contribution in [0.5, 0.6) is 11.5 Å². The Labute approximate surface area is 192 Å². The topological polar surface area (TPSA) is 106 Å². The van der Waals surface area contributed by atoms with E-state index < -0.39 is 0 Å². The number of aliphatic hydroxyl groups is 1. The fourth-order valence-electron chi connectivity index (χ4n) is 5.06. The maximum absolute atomic E-state index is 13.1. The van der Waals surface area contributed by atoms with Crippen LogP contribution in [0.15, 0.2) is 36.4 Å². The van der Waals surface area contributed by atoms with Gasteiger partial charge in [0, 0.05) is 42.0 Å². The van der Waals surface area contributed by atoms with E-state index in [1.165, 1.54) is 0 Å². The van der Waals surface area contributed by atoms with Crippen molar-refractivity contribution in [2.45, 2.75) is 25.0 Å². The van der Waals surface area contributed by atoms with Crippen LogP contribution in [0.3, 0.4) is 0 Å². The van der Waals surface area contributed by atoms with Gasteiger partial charge < -0.3 is 30.0 Å². The number of aliphatic hydroxyl groups excluding tert-OH is 1. The van der Waals surface area contributed by atoms with Gasteiger partial charge in [0.1, 0.15) is 24.2 Å². The highest BCUT2D eigenvalue weighted by Gasteiger charge is 2.54. The number of carbonyl (C=O) groups excluding carboxylic acids is 2. The van der Waals surface area contributed by atoms with Gasteiger partial charge in [-0.25, -0.2) is 0 Å². The monoisotopic (exact) mass is 452 g/mol. The molecule has 1 saturated heterocycles. The first-order valence-corrected chi connectivity index (χ1v) is 11.3. The van der Waals surface area contributed by atoms with E-state index in [0.717, 1.165) is 11.1 Å². The van der Waals surface area contributed by atoms with Gasteiger partial charge in [-0.2, -0.15) is 0 Å². The van der Waals surface area contributed by atoms with E-state index in [-0.39, 0.29) is 43.1 Å². The summed E-state index contributed by atoms with van der Waals surface area (Å²) in [7, 11) is 1.56. The van der Waals surface area contributed by atoms with Crippen LogP contribution < -0.4 is 20.1 Å². The van der Waals surface area contributed by atoms with Crippen LogP contribution >= 0.6 is 0 Å². The molecular formula is C25H28N2O6. The van der Waals surface area contributed by atoms with Crippen LogP contribution in [0.1, 0.15) is 44.7 Å². The number of benzene rings is 2. The lowest BCUT2D eigenvalue weighted by molar-refractivity contribution is 0.0928. The van der Waals surface area contributed by atoms with Crippen LogP contribution in [-0.2, 0) is 4.74 Å². The number of rotatable bonds is 7. The zero-order chi connectivity index (χ0) is 23.1. The van der Waals surface area contributed by atoms with Crippen LogP contribution in [0.25, 0.3) is 0 Å². The summed E-state index contributed by atoms with van der Waals surface area (Å²) < 4.78 is 17.1. The van der Waals surface area contributed by atoms with Gasteiger partial charge in [-0.15, -0.1) is 0 Å². The number of fused-ring (bicyclic) bond motifs is 2. The summed E-state index contributed by atoms with van der Waals surface area (Å²) in [6, 6.07) is 11.2. The maximum Gasteiger partial charge on any atom is 0.254 e. The number of hydrogen-bond donors (Lipinski definition) is 3. The third kappa shape index (κ3) is 3.94. The summed E-state index contributed by atoms with van der Waals surface area (Å²) >= 11 is 0. The zero-order valence-corrected chi connectivity index (χ0v) is 18.7. The van der Waals surface area contributed by atoms with Crippen molar-refractivity contribution >= 4 is 11.8 Å². The molecule has 1 saturated carbocycles. The molecule has 2 aromatic carbocycles. The zero-order valence-electron chi connectivity index (χ0n) is 18.7. The van der Waals surface area contributed by atoms with Gasteiger partial charge in [-0.1, -0.05) is 12.1 Å². The number of nitrogens with one attached hydrogen (secondary N) is 2. The molecule has 8 nitrogen and oxygen atoms in total. The molecule has 2 fully saturated rings. The van der Waals surface area contributed by atoms with Gasteiger partial charge in [0.25, 0.3) is 11.8 Å². The molecule has 0 aromatic heterocycles. The van der Waals surface area contributed by atoms with E-state index in [0.29, 0.717) is 47.7 Å². The summed E-state index contributed by atoms with van der Waals surface area (Å²) in [6.45, 7) is 3.45. The minimum absolute atomic E-state index is 0.0706. The van der Waals surface area contributed by atoms with Crippen LogP contribution in [0.2, 0.25) is 0 Å². The van der Waals surface area contributed by atoms with Gasteiger partial charge in [0.2, 0.25) is 0 Å². The number of carbonyl (C=O) groups is 2. The molecule has 3 unspecified atom stereocenters. The van der Waals surface area contributed by atoms with Crippen molar-refractivity contribution in [3.8, 4) is 11.5 Å².